The van der Waals surface area contributed by atoms with E-state index in [1.807, 2.05) is 0 Å². The lowest BCUT2D eigenvalue weighted by atomic mass is 10.1. The van der Waals surface area contributed by atoms with E-state index in [0.29, 0.717) is 23.4 Å². The Hall–Kier alpha value is -2.45. The van der Waals surface area contributed by atoms with Gasteiger partial charge in [0, 0.05) is 18.9 Å². The number of hydrogen-bond acceptors (Lipinski definition) is 6. The van der Waals surface area contributed by atoms with E-state index in [9.17, 15) is 18.5 Å². The maximum Gasteiger partial charge on any atom is 0.292 e. The predicted molar refractivity (Wildman–Crippen MR) is 90.6 cm³/mol. The van der Waals surface area contributed by atoms with Gasteiger partial charge in [-0.05, 0) is 41.8 Å². The molecule has 24 heavy (non-hydrogen) atoms. The van der Waals surface area contributed by atoms with Gasteiger partial charge in [0.2, 0.25) is 0 Å². The fraction of sp³-hybridized carbons (Fsp3) is 0.250. The molecule has 0 atom stereocenters. The maximum absolute atomic E-state index is 11.6. The van der Waals surface area contributed by atoms with Gasteiger partial charge in [-0.3, -0.25) is 10.1 Å². The van der Waals surface area contributed by atoms with Crippen LogP contribution in [0, 0.1) is 17.0 Å². The van der Waals surface area contributed by atoms with Crippen LogP contribution in [0.2, 0.25) is 0 Å². The van der Waals surface area contributed by atoms with Gasteiger partial charge in [0.1, 0.15) is 5.69 Å². The van der Waals surface area contributed by atoms with Gasteiger partial charge >= 0.3 is 0 Å². The second kappa shape index (κ2) is 6.98. The summed E-state index contributed by atoms with van der Waals surface area (Å²) in [6.45, 7) is 1.78. The minimum atomic E-state index is -3.28. The second-order valence-corrected chi connectivity index (χ2v) is 7.48. The third-order valence-corrected chi connectivity index (χ3v) is 4.82. The molecule has 0 spiro atoms. The van der Waals surface area contributed by atoms with Gasteiger partial charge in [-0.1, -0.05) is 12.1 Å². The standard InChI is InChI=1S/C16H18N2O5S/c1-11-7-12(4-6-16(11)24(2,22)23)9-17-14-8-13(10-19)3-5-15(14)18(20)21/h3-8,17,19H,9-10H2,1-2H3. The van der Waals surface area contributed by atoms with Crippen LogP contribution in [-0.4, -0.2) is 24.7 Å². The van der Waals surface area contributed by atoms with Crippen LogP contribution in [0.3, 0.4) is 0 Å². The van der Waals surface area contributed by atoms with E-state index < -0.39 is 14.8 Å². The number of anilines is 1. The maximum atomic E-state index is 11.6. The van der Waals surface area contributed by atoms with Crippen LogP contribution in [0.25, 0.3) is 0 Å². The van der Waals surface area contributed by atoms with Crippen molar-refractivity contribution in [2.45, 2.75) is 25.0 Å². The fourth-order valence-electron chi connectivity index (χ4n) is 2.42. The summed E-state index contributed by atoms with van der Waals surface area (Å²) in [4.78, 5) is 10.8. The molecule has 0 saturated heterocycles. The largest absolute Gasteiger partial charge is 0.392 e. The van der Waals surface area contributed by atoms with Crippen LogP contribution in [0.4, 0.5) is 11.4 Å². The van der Waals surface area contributed by atoms with Crippen LogP contribution >= 0.6 is 0 Å². The summed E-state index contributed by atoms with van der Waals surface area (Å²) in [6, 6.07) is 9.28. The zero-order chi connectivity index (χ0) is 17.9. The van der Waals surface area contributed by atoms with Crippen LogP contribution in [0.5, 0.6) is 0 Å². The van der Waals surface area contributed by atoms with Gasteiger partial charge in [-0.25, -0.2) is 8.42 Å². The molecule has 0 bridgehead atoms. The Morgan fingerprint density at radius 3 is 2.38 bits per heavy atom. The molecule has 2 aromatic rings. The predicted octanol–water partition coefficient (Wildman–Crippen LogP) is 2.41. The fourth-order valence-corrected chi connectivity index (χ4v) is 3.38. The van der Waals surface area contributed by atoms with Crippen molar-refractivity contribution in [3.8, 4) is 0 Å². The number of nitrogens with one attached hydrogen (secondary N) is 1. The van der Waals surface area contributed by atoms with Crippen molar-refractivity contribution in [2.24, 2.45) is 0 Å². The highest BCUT2D eigenvalue weighted by Gasteiger charge is 2.15. The van der Waals surface area contributed by atoms with Crippen molar-refractivity contribution >= 4 is 21.2 Å². The molecule has 0 saturated carbocycles. The summed E-state index contributed by atoms with van der Waals surface area (Å²) in [6.07, 6.45) is 1.15. The molecular formula is C16H18N2O5S. The van der Waals surface area contributed by atoms with Crippen molar-refractivity contribution in [3.63, 3.8) is 0 Å². The molecule has 8 heteroatoms. The SMILES string of the molecule is Cc1cc(CNc2cc(CO)ccc2[N+](=O)[O-])ccc1S(C)(=O)=O. The first-order valence-electron chi connectivity index (χ1n) is 7.14. The van der Waals surface area contributed by atoms with E-state index in [-0.39, 0.29) is 17.2 Å². The Morgan fingerprint density at radius 1 is 1.17 bits per heavy atom. The number of nitro groups is 1. The van der Waals surface area contributed by atoms with Crippen molar-refractivity contribution < 1.29 is 18.4 Å². The molecule has 0 aliphatic rings. The monoisotopic (exact) mass is 350 g/mol. The lowest BCUT2D eigenvalue weighted by Gasteiger charge is -2.10. The molecule has 0 heterocycles. The first-order valence-corrected chi connectivity index (χ1v) is 9.03. The zero-order valence-corrected chi connectivity index (χ0v) is 14.1. The average Bonchev–Trinajstić information content (AvgIpc) is 2.51. The summed E-state index contributed by atoms with van der Waals surface area (Å²) < 4.78 is 23.2. The van der Waals surface area contributed by atoms with Gasteiger partial charge in [-0.15, -0.1) is 0 Å². The van der Waals surface area contributed by atoms with Gasteiger partial charge in [0.25, 0.3) is 5.69 Å². The van der Waals surface area contributed by atoms with Crippen molar-refractivity contribution in [3.05, 3.63) is 63.2 Å². The minimum absolute atomic E-state index is 0.0864. The van der Waals surface area contributed by atoms with E-state index in [1.165, 1.54) is 24.3 Å². The highest BCUT2D eigenvalue weighted by molar-refractivity contribution is 7.90. The van der Waals surface area contributed by atoms with Crippen LogP contribution < -0.4 is 5.32 Å². The Morgan fingerprint density at radius 2 is 1.83 bits per heavy atom. The number of rotatable bonds is 6. The summed E-state index contributed by atoms with van der Waals surface area (Å²) >= 11 is 0. The molecule has 0 aliphatic heterocycles. The Kier molecular flexibility index (Phi) is 5.20. The molecule has 2 N–H and O–H groups in total. The van der Waals surface area contributed by atoms with Crippen LogP contribution in [0.15, 0.2) is 41.3 Å². The number of aryl methyl sites for hydroxylation is 1. The summed E-state index contributed by atoms with van der Waals surface area (Å²) in [5.74, 6) is 0. The van der Waals surface area contributed by atoms with E-state index >= 15 is 0 Å². The number of benzene rings is 2. The van der Waals surface area contributed by atoms with E-state index in [2.05, 4.69) is 5.32 Å². The van der Waals surface area contributed by atoms with E-state index in [0.717, 1.165) is 11.8 Å². The molecule has 0 amide bonds. The van der Waals surface area contributed by atoms with Crippen LogP contribution in [0.1, 0.15) is 16.7 Å². The number of sulfone groups is 1. The van der Waals surface area contributed by atoms with E-state index in [1.54, 1.807) is 19.1 Å². The number of nitrogens with zero attached hydrogens (tertiary/aromatic N) is 1. The molecule has 2 aromatic carbocycles. The van der Waals surface area contributed by atoms with Gasteiger partial charge in [0.05, 0.1) is 16.4 Å². The minimum Gasteiger partial charge on any atom is -0.392 e. The molecule has 0 unspecified atom stereocenters. The lowest BCUT2D eigenvalue weighted by molar-refractivity contribution is -0.384. The zero-order valence-electron chi connectivity index (χ0n) is 13.3. The molecule has 0 radical (unpaired) electrons. The van der Waals surface area contributed by atoms with E-state index in [4.69, 9.17) is 5.11 Å². The first kappa shape index (κ1) is 17.9. The lowest BCUT2D eigenvalue weighted by Crippen LogP contribution is -2.05. The summed E-state index contributed by atoms with van der Waals surface area (Å²) in [5.41, 5.74) is 2.19. The molecule has 0 fully saturated rings. The summed E-state index contributed by atoms with van der Waals surface area (Å²) in [7, 11) is -3.28. The molecule has 0 aliphatic carbocycles. The van der Waals surface area contributed by atoms with Gasteiger partial charge in [0.15, 0.2) is 9.84 Å². The quantitative estimate of drug-likeness (QED) is 0.611. The highest BCUT2D eigenvalue weighted by atomic mass is 32.2. The topological polar surface area (TPSA) is 110 Å². The highest BCUT2D eigenvalue weighted by Crippen LogP contribution is 2.26. The normalized spacial score (nSPS) is 11.3. The van der Waals surface area contributed by atoms with Gasteiger partial charge in [-0.2, -0.15) is 0 Å². The average molecular weight is 350 g/mol. The first-order chi connectivity index (χ1) is 11.2. The molecule has 128 valence electrons. The summed E-state index contributed by atoms with van der Waals surface area (Å²) in [5, 5.41) is 23.2. The third-order valence-electron chi connectivity index (χ3n) is 3.56. The van der Waals surface area contributed by atoms with Crippen LogP contribution in [-0.2, 0) is 23.0 Å². The van der Waals surface area contributed by atoms with Crippen molar-refractivity contribution in [2.75, 3.05) is 11.6 Å². The Balaban J connectivity index is 2.25. The Bertz CT molecular complexity index is 878. The third kappa shape index (κ3) is 4.09. The number of hydrogen-bond donors (Lipinski definition) is 2. The number of aliphatic hydroxyl groups excluding tert-OH is 1. The molecule has 7 nitrogen and oxygen atoms in total. The number of nitro benzene ring substituents is 1. The van der Waals surface area contributed by atoms with Crippen molar-refractivity contribution in [1.82, 2.24) is 0 Å². The number of aliphatic hydroxyl groups is 1. The second-order valence-electron chi connectivity index (χ2n) is 5.49. The van der Waals surface area contributed by atoms with Gasteiger partial charge < -0.3 is 10.4 Å². The Labute approximate surface area is 140 Å². The molecule has 0 aromatic heterocycles. The molecular weight excluding hydrogens is 332 g/mol. The molecule has 2 rings (SSSR count). The smallest absolute Gasteiger partial charge is 0.292 e. The van der Waals surface area contributed by atoms with Crippen molar-refractivity contribution in [1.29, 1.82) is 0 Å².